The highest BCUT2D eigenvalue weighted by atomic mass is 19.1. The van der Waals surface area contributed by atoms with Gasteiger partial charge in [0, 0.05) is 18.5 Å². The highest BCUT2D eigenvalue weighted by molar-refractivity contribution is 6.00. The highest BCUT2D eigenvalue weighted by Gasteiger charge is 2.19. The van der Waals surface area contributed by atoms with Crippen molar-refractivity contribution in [1.82, 2.24) is 14.9 Å². The third-order valence-electron chi connectivity index (χ3n) is 4.41. The van der Waals surface area contributed by atoms with Gasteiger partial charge in [-0.05, 0) is 45.5 Å². The topological polar surface area (TPSA) is 79.4 Å². The van der Waals surface area contributed by atoms with E-state index >= 15 is 0 Å². The van der Waals surface area contributed by atoms with Crippen LogP contribution in [0.2, 0.25) is 0 Å². The number of hydrogen-bond donors (Lipinski definition) is 2. The Bertz CT molecular complexity index is 784. The van der Waals surface area contributed by atoms with Gasteiger partial charge < -0.3 is 15.0 Å². The molecule has 0 spiro atoms. The Morgan fingerprint density at radius 1 is 1.33 bits per heavy atom. The van der Waals surface area contributed by atoms with Gasteiger partial charge in [-0.2, -0.15) is 0 Å². The fourth-order valence-corrected chi connectivity index (χ4v) is 3.06. The van der Waals surface area contributed by atoms with Gasteiger partial charge in [0.15, 0.2) is 5.82 Å². The second-order valence-corrected chi connectivity index (χ2v) is 6.84. The van der Waals surface area contributed by atoms with Crippen molar-refractivity contribution in [3.05, 3.63) is 42.1 Å². The molecule has 0 bridgehead atoms. The first kappa shape index (κ1) is 19.0. The lowest BCUT2D eigenvalue weighted by Gasteiger charge is -2.29. The Morgan fingerprint density at radius 2 is 2.19 bits per heavy atom. The minimum atomic E-state index is -0.498. The first-order valence-corrected chi connectivity index (χ1v) is 8.97. The summed E-state index contributed by atoms with van der Waals surface area (Å²) in [7, 11) is 2.08. The molecule has 0 saturated carbocycles. The van der Waals surface area contributed by atoms with Crippen molar-refractivity contribution in [2.45, 2.75) is 19.8 Å². The summed E-state index contributed by atoms with van der Waals surface area (Å²) in [6.07, 6.45) is 5.23. The van der Waals surface area contributed by atoms with Gasteiger partial charge in [-0.1, -0.05) is 0 Å². The standard InChI is InChI=1S/C19H24FN5O2/c1-13-9-22-18(10-21-13)24-19(26)23-16-6-5-15(20)8-17(16)27-12-14-4-3-7-25(2)11-14/h5-6,8-10,14H,3-4,7,11-12H2,1-2H3,(H2,22,23,24,26). The molecule has 1 aliphatic heterocycles. The number of aromatic nitrogens is 2. The quantitative estimate of drug-likeness (QED) is 0.841. The molecular formula is C19H24FN5O2. The molecule has 3 rings (SSSR count). The number of carbonyl (C=O) groups excluding carboxylic acids is 1. The molecular weight excluding hydrogens is 349 g/mol. The van der Waals surface area contributed by atoms with E-state index in [-0.39, 0.29) is 0 Å². The highest BCUT2D eigenvalue weighted by Crippen LogP contribution is 2.27. The van der Waals surface area contributed by atoms with Crippen molar-refractivity contribution in [3.8, 4) is 5.75 Å². The van der Waals surface area contributed by atoms with E-state index in [0.29, 0.717) is 29.8 Å². The lowest BCUT2D eigenvalue weighted by molar-refractivity contribution is 0.150. The minimum Gasteiger partial charge on any atom is -0.491 e. The second-order valence-electron chi connectivity index (χ2n) is 6.84. The van der Waals surface area contributed by atoms with E-state index in [9.17, 15) is 9.18 Å². The van der Waals surface area contributed by atoms with Gasteiger partial charge in [0.05, 0.1) is 30.4 Å². The fraction of sp³-hybridized carbons (Fsp3) is 0.421. The van der Waals surface area contributed by atoms with Crippen molar-refractivity contribution >= 4 is 17.5 Å². The van der Waals surface area contributed by atoms with Gasteiger partial charge in [-0.3, -0.25) is 10.3 Å². The third kappa shape index (κ3) is 5.62. The number of benzene rings is 1. The molecule has 2 N–H and O–H groups in total. The number of amides is 2. The number of urea groups is 1. The van der Waals surface area contributed by atoms with Gasteiger partial charge in [-0.15, -0.1) is 0 Å². The number of anilines is 2. The van der Waals surface area contributed by atoms with Crippen LogP contribution in [0.5, 0.6) is 5.75 Å². The molecule has 144 valence electrons. The lowest BCUT2D eigenvalue weighted by Crippen LogP contribution is -2.34. The molecule has 1 aromatic heterocycles. The molecule has 1 unspecified atom stereocenters. The van der Waals surface area contributed by atoms with Crippen LogP contribution < -0.4 is 15.4 Å². The zero-order chi connectivity index (χ0) is 19.2. The molecule has 1 fully saturated rings. The van der Waals surface area contributed by atoms with Crippen LogP contribution in [0, 0.1) is 18.7 Å². The first-order chi connectivity index (χ1) is 13.0. The fourth-order valence-electron chi connectivity index (χ4n) is 3.06. The molecule has 7 nitrogen and oxygen atoms in total. The molecule has 1 saturated heterocycles. The summed E-state index contributed by atoms with van der Waals surface area (Å²) in [6.45, 7) is 4.33. The number of rotatable bonds is 5. The van der Waals surface area contributed by atoms with Crippen LogP contribution in [0.15, 0.2) is 30.6 Å². The van der Waals surface area contributed by atoms with Crippen molar-refractivity contribution in [1.29, 1.82) is 0 Å². The number of nitrogens with zero attached hydrogens (tertiary/aromatic N) is 3. The summed E-state index contributed by atoms with van der Waals surface area (Å²) in [5.74, 6) is 0.610. The van der Waals surface area contributed by atoms with E-state index in [0.717, 1.165) is 31.6 Å². The van der Waals surface area contributed by atoms with Gasteiger partial charge in [0.1, 0.15) is 11.6 Å². The maximum Gasteiger partial charge on any atom is 0.324 e. The van der Waals surface area contributed by atoms with Crippen molar-refractivity contribution in [3.63, 3.8) is 0 Å². The molecule has 2 heterocycles. The number of piperidine rings is 1. The van der Waals surface area contributed by atoms with Gasteiger partial charge in [0.2, 0.25) is 0 Å². The number of ether oxygens (including phenoxy) is 1. The number of nitrogens with one attached hydrogen (secondary N) is 2. The normalized spacial score (nSPS) is 17.4. The molecule has 0 aliphatic carbocycles. The summed E-state index contributed by atoms with van der Waals surface area (Å²) >= 11 is 0. The van der Waals surface area contributed by atoms with Crippen LogP contribution in [0.1, 0.15) is 18.5 Å². The molecule has 1 aliphatic rings. The van der Waals surface area contributed by atoms with E-state index in [4.69, 9.17) is 4.74 Å². The molecule has 1 aromatic carbocycles. The van der Waals surface area contributed by atoms with Crippen LogP contribution >= 0.6 is 0 Å². The maximum absolute atomic E-state index is 13.7. The zero-order valence-corrected chi connectivity index (χ0v) is 15.5. The SMILES string of the molecule is Cc1cnc(NC(=O)Nc2ccc(F)cc2OCC2CCCN(C)C2)cn1. The van der Waals surface area contributed by atoms with Crippen LogP contribution in [0.3, 0.4) is 0 Å². The largest absolute Gasteiger partial charge is 0.491 e. The Morgan fingerprint density at radius 3 is 2.93 bits per heavy atom. The number of hydrogen-bond acceptors (Lipinski definition) is 5. The summed E-state index contributed by atoms with van der Waals surface area (Å²) < 4.78 is 19.5. The van der Waals surface area contributed by atoms with Crippen LogP contribution in [-0.2, 0) is 0 Å². The average Bonchev–Trinajstić information content (AvgIpc) is 2.64. The van der Waals surface area contributed by atoms with E-state index in [1.165, 1.54) is 24.4 Å². The molecule has 1 atom stereocenters. The first-order valence-electron chi connectivity index (χ1n) is 8.97. The van der Waals surface area contributed by atoms with Gasteiger partial charge in [-0.25, -0.2) is 14.2 Å². The summed E-state index contributed by atoms with van der Waals surface area (Å²) in [5.41, 5.74) is 1.15. The smallest absolute Gasteiger partial charge is 0.324 e. The van der Waals surface area contributed by atoms with E-state index in [1.54, 1.807) is 6.20 Å². The Kier molecular flexibility index (Phi) is 6.18. The van der Waals surface area contributed by atoms with Crippen molar-refractivity contribution in [2.24, 2.45) is 5.92 Å². The van der Waals surface area contributed by atoms with Gasteiger partial charge in [0.25, 0.3) is 0 Å². The number of likely N-dealkylation sites (tertiary alicyclic amines) is 1. The van der Waals surface area contributed by atoms with E-state index in [1.807, 2.05) is 6.92 Å². The molecule has 27 heavy (non-hydrogen) atoms. The number of carbonyl (C=O) groups is 1. The van der Waals surface area contributed by atoms with Crippen LogP contribution in [0.4, 0.5) is 20.7 Å². The summed E-state index contributed by atoms with van der Waals surface area (Å²) in [4.78, 5) is 22.6. The average molecular weight is 373 g/mol. The summed E-state index contributed by atoms with van der Waals surface area (Å²) in [6, 6.07) is 3.55. The predicted molar refractivity (Wildman–Crippen MR) is 102 cm³/mol. The molecule has 2 amide bonds. The van der Waals surface area contributed by atoms with Crippen molar-refractivity contribution in [2.75, 3.05) is 37.4 Å². The van der Waals surface area contributed by atoms with E-state index < -0.39 is 11.8 Å². The molecule has 0 radical (unpaired) electrons. The lowest BCUT2D eigenvalue weighted by atomic mass is 9.99. The zero-order valence-electron chi connectivity index (χ0n) is 15.5. The van der Waals surface area contributed by atoms with Gasteiger partial charge >= 0.3 is 6.03 Å². The predicted octanol–water partition coefficient (Wildman–Crippen LogP) is 3.29. The Labute approximate surface area is 158 Å². The Hall–Kier alpha value is -2.74. The molecule has 2 aromatic rings. The van der Waals surface area contributed by atoms with Crippen LogP contribution in [0.25, 0.3) is 0 Å². The maximum atomic E-state index is 13.7. The molecule has 8 heteroatoms. The number of aryl methyl sites for hydroxylation is 1. The second kappa shape index (κ2) is 8.77. The minimum absolute atomic E-state index is 0.313. The van der Waals surface area contributed by atoms with E-state index in [2.05, 4.69) is 32.5 Å². The van der Waals surface area contributed by atoms with Crippen molar-refractivity contribution < 1.29 is 13.9 Å². The summed E-state index contributed by atoms with van der Waals surface area (Å²) in [5, 5.41) is 5.27. The third-order valence-corrected chi connectivity index (χ3v) is 4.41. The monoisotopic (exact) mass is 373 g/mol. The number of halogens is 1. The Balaban J connectivity index is 1.62. The van der Waals surface area contributed by atoms with Crippen LogP contribution in [-0.4, -0.2) is 47.6 Å².